The third-order valence-corrected chi connectivity index (χ3v) is 5.58. The lowest BCUT2D eigenvalue weighted by atomic mass is 9.95. The van der Waals surface area contributed by atoms with Gasteiger partial charge in [0.15, 0.2) is 0 Å². The lowest BCUT2D eigenvalue weighted by molar-refractivity contribution is -0.131. The van der Waals surface area contributed by atoms with Crippen molar-refractivity contribution in [3.8, 4) is 0 Å². The van der Waals surface area contributed by atoms with Crippen molar-refractivity contribution in [1.29, 1.82) is 0 Å². The van der Waals surface area contributed by atoms with E-state index in [0.29, 0.717) is 24.3 Å². The molecular formula is C17H32N4O2S. The van der Waals surface area contributed by atoms with Crippen molar-refractivity contribution in [1.82, 2.24) is 19.6 Å². The predicted octanol–water partition coefficient (Wildman–Crippen LogP) is 0.249. The Balaban J connectivity index is 1.73. The minimum absolute atomic E-state index is 0.157. The molecule has 0 aromatic carbocycles. The summed E-state index contributed by atoms with van der Waals surface area (Å²) in [5, 5.41) is 0. The summed E-state index contributed by atoms with van der Waals surface area (Å²) in [7, 11) is 3.63. The number of piperazine rings is 1. The van der Waals surface area contributed by atoms with Gasteiger partial charge in [0, 0.05) is 59.4 Å². The Labute approximate surface area is 151 Å². The Morgan fingerprint density at radius 1 is 1.12 bits per heavy atom. The van der Waals surface area contributed by atoms with Crippen LogP contribution in [-0.4, -0.2) is 103 Å². The molecule has 0 saturated carbocycles. The molecule has 24 heavy (non-hydrogen) atoms. The zero-order valence-electron chi connectivity index (χ0n) is 15.3. The molecule has 0 aliphatic carbocycles. The summed E-state index contributed by atoms with van der Waals surface area (Å²) < 4.78 is 0. The number of carbonyl (C=O) groups is 2. The maximum Gasteiger partial charge on any atom is 0.236 e. The lowest BCUT2D eigenvalue weighted by Crippen LogP contribution is -2.55. The normalized spacial score (nSPS) is 24.2. The average molecular weight is 357 g/mol. The van der Waals surface area contributed by atoms with Gasteiger partial charge in [-0.1, -0.05) is 0 Å². The highest BCUT2D eigenvalue weighted by atomic mass is 32.1. The monoisotopic (exact) mass is 356 g/mol. The molecule has 138 valence electrons. The second-order valence-corrected chi connectivity index (χ2v) is 7.67. The van der Waals surface area contributed by atoms with Crippen molar-refractivity contribution in [2.45, 2.75) is 25.8 Å². The molecule has 2 saturated heterocycles. The average Bonchev–Trinajstić information content (AvgIpc) is 2.57. The van der Waals surface area contributed by atoms with Crippen LogP contribution in [0.2, 0.25) is 0 Å². The molecule has 0 unspecified atom stereocenters. The van der Waals surface area contributed by atoms with E-state index in [9.17, 15) is 9.59 Å². The van der Waals surface area contributed by atoms with Gasteiger partial charge in [0.1, 0.15) is 0 Å². The lowest BCUT2D eigenvalue weighted by Gasteiger charge is -2.42. The van der Waals surface area contributed by atoms with E-state index in [1.165, 1.54) is 0 Å². The van der Waals surface area contributed by atoms with Crippen molar-refractivity contribution >= 4 is 24.4 Å². The maximum absolute atomic E-state index is 11.9. The number of piperidine rings is 1. The highest BCUT2D eigenvalue weighted by molar-refractivity contribution is 7.81. The van der Waals surface area contributed by atoms with Crippen LogP contribution in [0.3, 0.4) is 0 Å². The summed E-state index contributed by atoms with van der Waals surface area (Å²) in [6, 6.07) is 0.411. The minimum Gasteiger partial charge on any atom is -0.348 e. The second kappa shape index (κ2) is 9.06. The Kier molecular flexibility index (Phi) is 7.37. The number of hydrogen-bond donors (Lipinski definition) is 1. The Morgan fingerprint density at radius 3 is 2.33 bits per heavy atom. The van der Waals surface area contributed by atoms with Crippen molar-refractivity contribution in [3.63, 3.8) is 0 Å². The van der Waals surface area contributed by atoms with E-state index in [-0.39, 0.29) is 11.8 Å². The van der Waals surface area contributed by atoms with Crippen LogP contribution in [0.25, 0.3) is 0 Å². The molecule has 2 aliphatic rings. The number of hydrogen-bond acceptors (Lipinski definition) is 5. The van der Waals surface area contributed by atoms with Crippen LogP contribution in [0, 0.1) is 5.92 Å². The SMILES string of the molecule is C[C@@H]1CN(CC2CCN(C(=O)CS)CC2)CCN1CC(=O)N(C)C. The molecule has 2 aliphatic heterocycles. The van der Waals surface area contributed by atoms with E-state index in [1.54, 1.807) is 4.90 Å². The van der Waals surface area contributed by atoms with Crippen molar-refractivity contribution in [3.05, 3.63) is 0 Å². The van der Waals surface area contributed by atoms with Crippen molar-refractivity contribution in [2.24, 2.45) is 5.92 Å². The Bertz CT molecular complexity index is 438. The zero-order chi connectivity index (χ0) is 17.7. The first-order chi connectivity index (χ1) is 11.4. The molecule has 2 amide bonds. The third kappa shape index (κ3) is 5.36. The summed E-state index contributed by atoms with van der Waals surface area (Å²) in [6.07, 6.45) is 2.18. The number of likely N-dealkylation sites (tertiary alicyclic amines) is 1. The van der Waals surface area contributed by atoms with Crippen LogP contribution < -0.4 is 0 Å². The molecule has 2 rings (SSSR count). The summed E-state index contributed by atoms with van der Waals surface area (Å²) in [5.41, 5.74) is 0. The Hall–Kier alpha value is -0.790. The fourth-order valence-corrected chi connectivity index (χ4v) is 3.82. The molecule has 0 aromatic heterocycles. The first-order valence-corrected chi connectivity index (χ1v) is 9.59. The van der Waals surface area contributed by atoms with E-state index in [0.717, 1.165) is 52.1 Å². The van der Waals surface area contributed by atoms with E-state index in [1.807, 2.05) is 19.0 Å². The third-order valence-electron chi connectivity index (χ3n) is 5.31. The molecule has 2 fully saturated rings. The van der Waals surface area contributed by atoms with Gasteiger partial charge in [0.25, 0.3) is 0 Å². The molecule has 2 heterocycles. The summed E-state index contributed by atoms with van der Waals surface area (Å²) in [5.74, 6) is 1.33. The summed E-state index contributed by atoms with van der Waals surface area (Å²) in [6.45, 7) is 8.60. The predicted molar refractivity (Wildman–Crippen MR) is 99.3 cm³/mol. The number of amides is 2. The zero-order valence-corrected chi connectivity index (χ0v) is 16.2. The summed E-state index contributed by atoms with van der Waals surface area (Å²) >= 11 is 4.08. The van der Waals surface area contributed by atoms with Gasteiger partial charge < -0.3 is 14.7 Å². The molecule has 1 atom stereocenters. The van der Waals surface area contributed by atoms with Gasteiger partial charge in [0.2, 0.25) is 11.8 Å². The second-order valence-electron chi connectivity index (χ2n) is 7.35. The molecule has 0 bridgehead atoms. The van der Waals surface area contributed by atoms with Gasteiger partial charge in [-0.25, -0.2) is 0 Å². The van der Waals surface area contributed by atoms with E-state index >= 15 is 0 Å². The molecule has 6 nitrogen and oxygen atoms in total. The first kappa shape index (κ1) is 19.5. The van der Waals surface area contributed by atoms with E-state index < -0.39 is 0 Å². The van der Waals surface area contributed by atoms with Gasteiger partial charge in [-0.3, -0.25) is 14.5 Å². The first-order valence-electron chi connectivity index (χ1n) is 8.96. The van der Waals surface area contributed by atoms with Gasteiger partial charge in [-0.05, 0) is 25.7 Å². The molecule has 0 aromatic rings. The van der Waals surface area contributed by atoms with E-state index in [2.05, 4.69) is 29.4 Å². The van der Waals surface area contributed by atoms with Gasteiger partial charge in [-0.15, -0.1) is 0 Å². The number of nitrogens with zero attached hydrogens (tertiary/aromatic N) is 4. The standard InChI is InChI=1S/C17H32N4O2S/c1-14-10-19(8-9-21(14)12-16(22)18(2)3)11-15-4-6-20(7-5-15)17(23)13-24/h14-15,24H,4-13H2,1-3H3/t14-/m1/s1. The smallest absolute Gasteiger partial charge is 0.236 e. The fourth-order valence-electron chi connectivity index (χ4n) is 3.62. The number of likely N-dealkylation sites (N-methyl/N-ethyl adjacent to an activating group) is 1. The quantitative estimate of drug-likeness (QED) is 0.718. The van der Waals surface area contributed by atoms with Crippen LogP contribution in [0.15, 0.2) is 0 Å². The topological polar surface area (TPSA) is 47.1 Å². The maximum atomic E-state index is 11.9. The Morgan fingerprint density at radius 2 is 1.79 bits per heavy atom. The molecular weight excluding hydrogens is 324 g/mol. The van der Waals surface area contributed by atoms with Crippen molar-refractivity contribution in [2.75, 3.05) is 65.7 Å². The van der Waals surface area contributed by atoms with Crippen molar-refractivity contribution < 1.29 is 9.59 Å². The molecule has 7 heteroatoms. The van der Waals surface area contributed by atoms with Crippen LogP contribution >= 0.6 is 12.6 Å². The van der Waals surface area contributed by atoms with E-state index in [4.69, 9.17) is 0 Å². The molecule has 0 radical (unpaired) electrons. The van der Waals surface area contributed by atoms with Gasteiger partial charge in [-0.2, -0.15) is 12.6 Å². The van der Waals surface area contributed by atoms with Gasteiger partial charge in [0.05, 0.1) is 12.3 Å². The van der Waals surface area contributed by atoms with Crippen LogP contribution in [-0.2, 0) is 9.59 Å². The van der Waals surface area contributed by atoms with Gasteiger partial charge >= 0.3 is 0 Å². The summed E-state index contributed by atoms with van der Waals surface area (Å²) in [4.78, 5) is 32.0. The van der Waals surface area contributed by atoms with Crippen LogP contribution in [0.4, 0.5) is 0 Å². The minimum atomic E-state index is 0.157. The number of rotatable bonds is 5. The molecule has 0 spiro atoms. The number of thiol groups is 1. The van der Waals surface area contributed by atoms with Crippen LogP contribution in [0.5, 0.6) is 0 Å². The van der Waals surface area contributed by atoms with Crippen LogP contribution in [0.1, 0.15) is 19.8 Å². The molecule has 0 N–H and O–H groups in total. The largest absolute Gasteiger partial charge is 0.348 e. The fraction of sp³-hybridized carbons (Fsp3) is 0.882. The highest BCUT2D eigenvalue weighted by Gasteiger charge is 2.29. The number of carbonyl (C=O) groups excluding carboxylic acids is 2. The highest BCUT2D eigenvalue weighted by Crippen LogP contribution is 2.20.